The lowest BCUT2D eigenvalue weighted by molar-refractivity contribution is 0.0695. The smallest absolute Gasteiger partial charge is 0.335 e. The predicted octanol–water partition coefficient (Wildman–Crippen LogP) is 4.43. The van der Waals surface area contributed by atoms with Gasteiger partial charge in [-0.05, 0) is 48.9 Å². The average Bonchev–Trinajstić information content (AvgIpc) is 2.45. The van der Waals surface area contributed by atoms with E-state index >= 15 is 0 Å². The highest BCUT2D eigenvalue weighted by Crippen LogP contribution is 2.16. The summed E-state index contributed by atoms with van der Waals surface area (Å²) >= 11 is 0. The summed E-state index contributed by atoms with van der Waals surface area (Å²) < 4.78 is 0. The van der Waals surface area contributed by atoms with Crippen LogP contribution in [0, 0.1) is 6.92 Å². The van der Waals surface area contributed by atoms with Gasteiger partial charge in [0.1, 0.15) is 0 Å². The van der Waals surface area contributed by atoms with E-state index in [1.807, 2.05) is 19.1 Å². The first-order valence-electron chi connectivity index (χ1n) is 7.50. The maximum Gasteiger partial charge on any atom is 0.335 e. The predicted molar refractivity (Wildman–Crippen MR) is 86.0 cm³/mol. The number of carbonyl (C=O) groups is 1. The fourth-order valence-corrected chi connectivity index (χ4v) is 2.65. The lowest BCUT2D eigenvalue weighted by Gasteiger charge is -2.08. The molecule has 0 aliphatic heterocycles. The largest absolute Gasteiger partial charge is 0.478 e. The van der Waals surface area contributed by atoms with Crippen LogP contribution in [0.25, 0.3) is 0 Å². The molecule has 2 rings (SSSR count). The lowest BCUT2D eigenvalue weighted by atomic mass is 9.97. The average molecular weight is 282 g/mol. The van der Waals surface area contributed by atoms with Crippen molar-refractivity contribution in [3.8, 4) is 0 Å². The molecule has 0 bridgehead atoms. The maximum absolute atomic E-state index is 11.3. The van der Waals surface area contributed by atoms with Crippen molar-refractivity contribution in [1.29, 1.82) is 0 Å². The second-order valence-corrected chi connectivity index (χ2v) is 5.54. The molecule has 110 valence electrons. The molecule has 0 aliphatic carbocycles. The first kappa shape index (κ1) is 15.3. The van der Waals surface area contributed by atoms with Gasteiger partial charge in [0.05, 0.1) is 5.56 Å². The summed E-state index contributed by atoms with van der Waals surface area (Å²) in [4.78, 5) is 11.3. The quantitative estimate of drug-likeness (QED) is 0.851. The Labute approximate surface area is 126 Å². The van der Waals surface area contributed by atoms with Crippen LogP contribution in [-0.2, 0) is 19.3 Å². The maximum atomic E-state index is 11.3. The SMILES string of the molecule is CCCc1cccc(CCc2cc(C)ccc2C(=O)O)c1. The van der Waals surface area contributed by atoms with Gasteiger partial charge in [0.2, 0.25) is 0 Å². The monoisotopic (exact) mass is 282 g/mol. The van der Waals surface area contributed by atoms with Crippen LogP contribution in [0.3, 0.4) is 0 Å². The molecule has 1 N–H and O–H groups in total. The van der Waals surface area contributed by atoms with E-state index in [0.29, 0.717) is 5.56 Å². The molecule has 2 heteroatoms. The normalized spacial score (nSPS) is 10.6. The number of hydrogen-bond acceptors (Lipinski definition) is 1. The van der Waals surface area contributed by atoms with Crippen LogP contribution in [0.15, 0.2) is 42.5 Å². The number of aromatic carboxylic acids is 1. The van der Waals surface area contributed by atoms with Gasteiger partial charge in [0.15, 0.2) is 0 Å². The van der Waals surface area contributed by atoms with Crippen LogP contribution in [0.4, 0.5) is 0 Å². The Morgan fingerprint density at radius 3 is 2.38 bits per heavy atom. The minimum Gasteiger partial charge on any atom is -0.478 e. The van der Waals surface area contributed by atoms with Crippen LogP contribution in [0.1, 0.15) is 46.0 Å². The Bertz CT molecular complexity index is 629. The summed E-state index contributed by atoms with van der Waals surface area (Å²) in [6.07, 6.45) is 3.88. The second kappa shape index (κ2) is 7.07. The van der Waals surface area contributed by atoms with Crippen molar-refractivity contribution in [1.82, 2.24) is 0 Å². The van der Waals surface area contributed by atoms with Crippen molar-refractivity contribution in [3.05, 3.63) is 70.3 Å². The molecule has 0 amide bonds. The van der Waals surface area contributed by atoms with Crippen molar-refractivity contribution in [2.75, 3.05) is 0 Å². The van der Waals surface area contributed by atoms with Gasteiger partial charge in [-0.3, -0.25) is 0 Å². The highest BCUT2D eigenvalue weighted by molar-refractivity contribution is 5.89. The highest BCUT2D eigenvalue weighted by Gasteiger charge is 2.10. The van der Waals surface area contributed by atoms with Gasteiger partial charge in [-0.2, -0.15) is 0 Å². The minimum atomic E-state index is -0.843. The molecule has 0 fully saturated rings. The Kier molecular flexibility index (Phi) is 5.15. The topological polar surface area (TPSA) is 37.3 Å². The van der Waals surface area contributed by atoms with E-state index < -0.39 is 5.97 Å². The standard InChI is InChI=1S/C19H22O2/c1-3-5-15-6-4-7-16(13-15)9-10-17-12-14(2)8-11-18(17)19(20)21/h4,6-8,11-13H,3,5,9-10H2,1-2H3,(H,20,21). The Balaban J connectivity index is 2.14. The van der Waals surface area contributed by atoms with E-state index in [1.165, 1.54) is 11.1 Å². The number of aryl methyl sites for hydroxylation is 4. The molecule has 0 aromatic heterocycles. The van der Waals surface area contributed by atoms with Gasteiger partial charge >= 0.3 is 5.97 Å². The first-order chi connectivity index (χ1) is 10.1. The van der Waals surface area contributed by atoms with Crippen molar-refractivity contribution < 1.29 is 9.90 Å². The van der Waals surface area contributed by atoms with E-state index in [4.69, 9.17) is 0 Å². The number of rotatable bonds is 6. The summed E-state index contributed by atoms with van der Waals surface area (Å²) in [5.41, 5.74) is 5.08. The van der Waals surface area contributed by atoms with Gasteiger partial charge in [-0.1, -0.05) is 55.3 Å². The summed E-state index contributed by atoms with van der Waals surface area (Å²) in [6, 6.07) is 14.2. The van der Waals surface area contributed by atoms with E-state index in [0.717, 1.165) is 36.8 Å². The molecule has 0 spiro atoms. The molecule has 2 aromatic carbocycles. The molecular formula is C19H22O2. The van der Waals surface area contributed by atoms with Gasteiger partial charge in [-0.25, -0.2) is 4.79 Å². The fraction of sp³-hybridized carbons (Fsp3) is 0.316. The molecule has 0 aliphatic rings. The van der Waals surface area contributed by atoms with Gasteiger partial charge in [0, 0.05) is 0 Å². The minimum absolute atomic E-state index is 0.422. The van der Waals surface area contributed by atoms with Crippen molar-refractivity contribution in [3.63, 3.8) is 0 Å². The molecule has 0 saturated heterocycles. The molecule has 2 nitrogen and oxygen atoms in total. The van der Waals surface area contributed by atoms with Crippen LogP contribution >= 0.6 is 0 Å². The second-order valence-electron chi connectivity index (χ2n) is 5.54. The lowest BCUT2D eigenvalue weighted by Crippen LogP contribution is -2.04. The molecule has 0 radical (unpaired) electrons. The zero-order valence-electron chi connectivity index (χ0n) is 12.7. The molecule has 0 atom stereocenters. The van der Waals surface area contributed by atoms with E-state index in [1.54, 1.807) is 6.07 Å². The zero-order valence-corrected chi connectivity index (χ0v) is 12.7. The molecule has 21 heavy (non-hydrogen) atoms. The third kappa shape index (κ3) is 4.19. The molecular weight excluding hydrogens is 260 g/mol. The summed E-state index contributed by atoms with van der Waals surface area (Å²) in [6.45, 7) is 4.18. The first-order valence-corrected chi connectivity index (χ1v) is 7.50. The number of hydrogen-bond donors (Lipinski definition) is 1. The van der Waals surface area contributed by atoms with E-state index in [-0.39, 0.29) is 0 Å². The van der Waals surface area contributed by atoms with Crippen LogP contribution in [-0.4, -0.2) is 11.1 Å². The van der Waals surface area contributed by atoms with Crippen LogP contribution in [0.5, 0.6) is 0 Å². The van der Waals surface area contributed by atoms with Crippen LogP contribution in [0.2, 0.25) is 0 Å². The van der Waals surface area contributed by atoms with Gasteiger partial charge in [-0.15, -0.1) is 0 Å². The number of carboxylic acids is 1. The summed E-state index contributed by atoms with van der Waals surface area (Å²) in [5.74, 6) is -0.843. The molecule has 0 heterocycles. The molecule has 0 unspecified atom stereocenters. The van der Waals surface area contributed by atoms with Crippen molar-refractivity contribution in [2.45, 2.75) is 39.5 Å². The molecule has 2 aromatic rings. The summed E-state index contributed by atoms with van der Waals surface area (Å²) in [5, 5.41) is 9.27. The fourth-order valence-electron chi connectivity index (χ4n) is 2.65. The Hall–Kier alpha value is -2.09. The molecule has 0 saturated carbocycles. The Morgan fingerprint density at radius 1 is 1.00 bits per heavy atom. The van der Waals surface area contributed by atoms with Gasteiger partial charge < -0.3 is 5.11 Å². The highest BCUT2D eigenvalue weighted by atomic mass is 16.4. The number of benzene rings is 2. The Morgan fingerprint density at radius 2 is 1.71 bits per heavy atom. The van der Waals surface area contributed by atoms with Crippen molar-refractivity contribution in [2.24, 2.45) is 0 Å². The van der Waals surface area contributed by atoms with Crippen molar-refractivity contribution >= 4 is 5.97 Å². The van der Waals surface area contributed by atoms with E-state index in [2.05, 4.69) is 31.2 Å². The van der Waals surface area contributed by atoms with Gasteiger partial charge in [0.25, 0.3) is 0 Å². The zero-order chi connectivity index (χ0) is 15.2. The summed E-state index contributed by atoms with van der Waals surface area (Å²) in [7, 11) is 0. The number of carboxylic acid groups (broad SMARTS) is 1. The van der Waals surface area contributed by atoms with E-state index in [9.17, 15) is 9.90 Å². The van der Waals surface area contributed by atoms with Crippen LogP contribution < -0.4 is 0 Å². The third-order valence-electron chi connectivity index (χ3n) is 3.70. The third-order valence-corrected chi connectivity index (χ3v) is 3.70.